The first-order chi connectivity index (χ1) is 14.6. The molecule has 1 atom stereocenters. The van der Waals surface area contributed by atoms with Crippen LogP contribution >= 0.6 is 0 Å². The molecule has 2 aliphatic heterocycles. The molecule has 0 bridgehead atoms. The van der Waals surface area contributed by atoms with Gasteiger partial charge in [-0.25, -0.2) is 9.97 Å². The number of nitrogens with zero attached hydrogens (tertiary/aromatic N) is 5. The lowest BCUT2D eigenvalue weighted by molar-refractivity contribution is -0.121. The molecule has 0 aromatic carbocycles. The number of carbonyl (C=O) groups is 1. The van der Waals surface area contributed by atoms with Gasteiger partial charge in [0, 0.05) is 71.4 Å². The van der Waals surface area contributed by atoms with Crippen molar-refractivity contribution in [2.24, 2.45) is 5.92 Å². The van der Waals surface area contributed by atoms with Gasteiger partial charge in [0.05, 0.1) is 0 Å². The average Bonchev–Trinajstić information content (AvgIpc) is 2.78. The Kier molecular flexibility index (Phi) is 9.14. The van der Waals surface area contributed by atoms with Gasteiger partial charge in [-0.1, -0.05) is 6.92 Å². The standard InChI is InChI=1S/C22H39N7O/c1-3-8-23-20-16-21(26-18-25-20)29-10-4-5-19(17-29)6-7-22(30)24-9-11-28-14-12-27(2)13-15-28/h16,18-19H,3-15,17H2,1-2H3,(H,24,30)(H,23,25,26)/t19-/m1/s1. The predicted octanol–water partition coefficient (Wildman–Crippen LogP) is 1.66. The van der Waals surface area contributed by atoms with Gasteiger partial charge in [0.15, 0.2) is 0 Å². The minimum Gasteiger partial charge on any atom is -0.370 e. The normalized spacial score (nSPS) is 20.9. The number of hydrogen-bond acceptors (Lipinski definition) is 7. The maximum Gasteiger partial charge on any atom is 0.220 e. The minimum absolute atomic E-state index is 0.189. The Morgan fingerprint density at radius 2 is 2.00 bits per heavy atom. The molecule has 3 rings (SSSR count). The molecule has 8 heteroatoms. The molecular formula is C22H39N7O. The van der Waals surface area contributed by atoms with Crippen molar-refractivity contribution in [1.29, 1.82) is 0 Å². The fourth-order valence-electron chi connectivity index (χ4n) is 4.23. The molecule has 1 aromatic rings. The number of carbonyl (C=O) groups excluding carboxylic acids is 1. The summed E-state index contributed by atoms with van der Waals surface area (Å²) in [5.74, 6) is 2.62. The molecule has 1 amide bonds. The lowest BCUT2D eigenvalue weighted by Gasteiger charge is -2.33. The maximum absolute atomic E-state index is 12.3. The van der Waals surface area contributed by atoms with Crippen LogP contribution in [0.2, 0.25) is 0 Å². The minimum atomic E-state index is 0.189. The van der Waals surface area contributed by atoms with Gasteiger partial charge in [-0.05, 0) is 38.6 Å². The number of aromatic nitrogens is 2. The predicted molar refractivity (Wildman–Crippen MR) is 122 cm³/mol. The van der Waals surface area contributed by atoms with Gasteiger partial charge in [-0.15, -0.1) is 0 Å². The van der Waals surface area contributed by atoms with Gasteiger partial charge in [-0.2, -0.15) is 0 Å². The first-order valence-corrected chi connectivity index (χ1v) is 11.6. The molecule has 2 fully saturated rings. The van der Waals surface area contributed by atoms with Crippen LogP contribution in [0.1, 0.15) is 39.0 Å². The highest BCUT2D eigenvalue weighted by Gasteiger charge is 2.22. The van der Waals surface area contributed by atoms with E-state index in [0.29, 0.717) is 12.3 Å². The Morgan fingerprint density at radius 1 is 1.17 bits per heavy atom. The summed E-state index contributed by atoms with van der Waals surface area (Å²) in [7, 11) is 2.17. The number of anilines is 2. The summed E-state index contributed by atoms with van der Waals surface area (Å²) in [5, 5.41) is 6.45. The average molecular weight is 418 g/mol. The zero-order valence-corrected chi connectivity index (χ0v) is 18.8. The zero-order chi connectivity index (χ0) is 21.2. The van der Waals surface area contributed by atoms with E-state index in [4.69, 9.17) is 0 Å². The van der Waals surface area contributed by atoms with E-state index in [1.807, 2.05) is 6.07 Å². The van der Waals surface area contributed by atoms with Gasteiger partial charge in [0.2, 0.25) is 5.91 Å². The van der Waals surface area contributed by atoms with E-state index in [2.05, 4.69) is 49.3 Å². The summed E-state index contributed by atoms with van der Waals surface area (Å²) in [6, 6.07) is 2.04. The molecule has 168 valence electrons. The van der Waals surface area contributed by atoms with Gasteiger partial charge < -0.3 is 20.4 Å². The largest absolute Gasteiger partial charge is 0.370 e. The molecule has 3 heterocycles. The molecule has 0 unspecified atom stereocenters. The second-order valence-corrected chi connectivity index (χ2v) is 8.68. The van der Waals surface area contributed by atoms with Crippen LogP contribution in [0.4, 0.5) is 11.6 Å². The van der Waals surface area contributed by atoms with E-state index in [0.717, 1.165) is 89.8 Å². The molecule has 2 N–H and O–H groups in total. The van der Waals surface area contributed by atoms with Crippen LogP contribution in [0.3, 0.4) is 0 Å². The molecule has 1 aromatic heterocycles. The fraction of sp³-hybridized carbons (Fsp3) is 0.773. The van der Waals surface area contributed by atoms with Crippen molar-refractivity contribution < 1.29 is 4.79 Å². The van der Waals surface area contributed by atoms with Crippen molar-refractivity contribution in [3.8, 4) is 0 Å². The number of piperazine rings is 1. The van der Waals surface area contributed by atoms with Gasteiger partial charge >= 0.3 is 0 Å². The van der Waals surface area contributed by atoms with E-state index in [9.17, 15) is 4.79 Å². The van der Waals surface area contributed by atoms with Crippen molar-refractivity contribution >= 4 is 17.5 Å². The van der Waals surface area contributed by atoms with Crippen molar-refractivity contribution in [2.75, 3.05) is 76.2 Å². The maximum atomic E-state index is 12.3. The Morgan fingerprint density at radius 3 is 2.80 bits per heavy atom. The van der Waals surface area contributed by atoms with Crippen molar-refractivity contribution in [2.45, 2.75) is 39.0 Å². The number of piperidine rings is 1. The molecule has 8 nitrogen and oxygen atoms in total. The lowest BCUT2D eigenvalue weighted by Crippen LogP contribution is -2.46. The molecule has 0 aliphatic carbocycles. The van der Waals surface area contributed by atoms with Crippen LogP contribution in [-0.2, 0) is 4.79 Å². The molecule has 0 saturated carbocycles. The molecule has 0 radical (unpaired) electrons. The SMILES string of the molecule is CCCNc1cc(N2CCC[C@H](CCC(=O)NCCN3CCN(C)CC3)C2)ncn1. The second kappa shape index (κ2) is 12.1. The van der Waals surface area contributed by atoms with Gasteiger partial charge in [0.1, 0.15) is 18.0 Å². The highest BCUT2D eigenvalue weighted by molar-refractivity contribution is 5.75. The van der Waals surface area contributed by atoms with Crippen LogP contribution in [0, 0.1) is 5.92 Å². The summed E-state index contributed by atoms with van der Waals surface area (Å²) in [4.78, 5) is 28.2. The van der Waals surface area contributed by atoms with Gasteiger partial charge in [0.25, 0.3) is 0 Å². The highest BCUT2D eigenvalue weighted by atomic mass is 16.1. The topological polar surface area (TPSA) is 76.6 Å². The van der Waals surface area contributed by atoms with E-state index >= 15 is 0 Å². The third-order valence-corrected chi connectivity index (χ3v) is 6.18. The quantitative estimate of drug-likeness (QED) is 0.599. The number of rotatable bonds is 10. The van der Waals surface area contributed by atoms with Gasteiger partial charge in [-0.3, -0.25) is 9.69 Å². The third-order valence-electron chi connectivity index (χ3n) is 6.18. The molecular weight excluding hydrogens is 378 g/mol. The van der Waals surface area contributed by atoms with E-state index in [1.54, 1.807) is 6.33 Å². The third kappa shape index (κ3) is 7.40. The van der Waals surface area contributed by atoms with Crippen molar-refractivity contribution in [1.82, 2.24) is 25.1 Å². The Bertz CT molecular complexity index is 648. The number of hydrogen-bond donors (Lipinski definition) is 2. The number of likely N-dealkylation sites (N-methyl/N-ethyl adjacent to an activating group) is 1. The van der Waals surface area contributed by atoms with E-state index in [1.165, 1.54) is 6.42 Å². The van der Waals surface area contributed by atoms with Crippen LogP contribution in [0.15, 0.2) is 12.4 Å². The van der Waals surface area contributed by atoms with Crippen molar-refractivity contribution in [3.63, 3.8) is 0 Å². The van der Waals surface area contributed by atoms with Crippen LogP contribution < -0.4 is 15.5 Å². The molecule has 2 aliphatic rings. The summed E-state index contributed by atoms with van der Waals surface area (Å²) < 4.78 is 0. The second-order valence-electron chi connectivity index (χ2n) is 8.68. The smallest absolute Gasteiger partial charge is 0.220 e. The van der Waals surface area contributed by atoms with Crippen LogP contribution in [0.5, 0.6) is 0 Å². The molecule has 2 saturated heterocycles. The Balaban J connectivity index is 1.36. The first kappa shape index (κ1) is 22.7. The van der Waals surface area contributed by atoms with Crippen LogP contribution in [-0.4, -0.2) is 91.6 Å². The molecule has 30 heavy (non-hydrogen) atoms. The lowest BCUT2D eigenvalue weighted by atomic mass is 9.93. The number of nitrogens with one attached hydrogen (secondary N) is 2. The Labute approximate surface area is 181 Å². The molecule has 0 spiro atoms. The summed E-state index contributed by atoms with van der Waals surface area (Å²) in [6.07, 6.45) is 6.62. The van der Waals surface area contributed by atoms with Crippen LogP contribution in [0.25, 0.3) is 0 Å². The Hall–Kier alpha value is -1.93. The fourth-order valence-corrected chi connectivity index (χ4v) is 4.23. The highest BCUT2D eigenvalue weighted by Crippen LogP contribution is 2.25. The van der Waals surface area contributed by atoms with Crippen molar-refractivity contribution in [3.05, 3.63) is 12.4 Å². The summed E-state index contributed by atoms with van der Waals surface area (Å²) in [6.45, 7) is 11.2. The first-order valence-electron chi connectivity index (χ1n) is 11.6. The summed E-state index contributed by atoms with van der Waals surface area (Å²) in [5.41, 5.74) is 0. The monoisotopic (exact) mass is 417 g/mol. The summed E-state index contributed by atoms with van der Waals surface area (Å²) >= 11 is 0. The van der Waals surface area contributed by atoms with E-state index in [-0.39, 0.29) is 5.91 Å². The number of amides is 1. The zero-order valence-electron chi connectivity index (χ0n) is 18.8. The van der Waals surface area contributed by atoms with E-state index < -0.39 is 0 Å².